The van der Waals surface area contributed by atoms with Crippen molar-refractivity contribution in [3.05, 3.63) is 33.7 Å². The summed E-state index contributed by atoms with van der Waals surface area (Å²) in [4.78, 5) is 0. The second-order valence-electron chi connectivity index (χ2n) is 3.15. The van der Waals surface area contributed by atoms with Gasteiger partial charge in [-0.2, -0.15) is 5.26 Å². The molecule has 1 aromatic heterocycles. The summed E-state index contributed by atoms with van der Waals surface area (Å²) < 4.78 is 1.19. The number of hydrogen-bond acceptors (Lipinski definition) is 2. The minimum Gasteiger partial charge on any atom is -0.198 e. The lowest BCUT2D eigenvalue weighted by atomic mass is 10.0. The molecule has 0 bridgehead atoms. The Morgan fingerprint density at radius 3 is 3.07 bits per heavy atom. The van der Waals surface area contributed by atoms with Crippen molar-refractivity contribution < 1.29 is 0 Å². The third kappa shape index (κ3) is 1.39. The van der Waals surface area contributed by atoms with E-state index in [1.165, 1.54) is 4.70 Å². The van der Waals surface area contributed by atoms with E-state index in [4.69, 9.17) is 16.9 Å². The monoisotopic (exact) mass is 221 g/mol. The third-order valence-electron chi connectivity index (χ3n) is 2.28. The lowest BCUT2D eigenvalue weighted by Gasteiger charge is -2.05. The number of nitriles is 1. The molecule has 0 aliphatic rings. The number of hydrogen-bond donors (Lipinski definition) is 0. The van der Waals surface area contributed by atoms with Crippen molar-refractivity contribution in [2.75, 3.05) is 0 Å². The average Bonchev–Trinajstić information content (AvgIpc) is 2.60. The van der Waals surface area contributed by atoms with E-state index in [-0.39, 0.29) is 0 Å². The number of rotatable bonds is 1. The lowest BCUT2D eigenvalue weighted by Crippen LogP contribution is -1.89. The summed E-state index contributed by atoms with van der Waals surface area (Å²) in [5.74, 6) is 0. The predicted octanol–water partition coefficient (Wildman–Crippen LogP) is 3.93. The van der Waals surface area contributed by atoms with E-state index in [0.717, 1.165) is 21.5 Å². The van der Waals surface area contributed by atoms with Gasteiger partial charge in [0, 0.05) is 10.1 Å². The minimum atomic E-state index is 0.385. The van der Waals surface area contributed by atoms with E-state index in [2.05, 4.69) is 12.1 Å². The normalized spacial score (nSPS) is 10.4. The molecule has 3 heteroatoms. The molecule has 0 atom stereocenters. The summed E-state index contributed by atoms with van der Waals surface area (Å²) in [6.07, 6.45) is 0.385. The molecule has 0 radical (unpaired) electrons. The molecule has 2 aromatic rings. The Hall–Kier alpha value is -1.04. The average molecular weight is 222 g/mol. The van der Waals surface area contributed by atoms with Crippen LogP contribution in [0, 0.1) is 18.3 Å². The second kappa shape index (κ2) is 3.61. The van der Waals surface area contributed by atoms with Crippen LogP contribution in [0.3, 0.4) is 0 Å². The molecule has 1 aromatic carbocycles. The smallest absolute Gasteiger partial charge is 0.0670 e. The third-order valence-corrected chi connectivity index (χ3v) is 3.57. The summed E-state index contributed by atoms with van der Waals surface area (Å²) >= 11 is 7.90. The van der Waals surface area contributed by atoms with Crippen LogP contribution >= 0.6 is 22.9 Å². The fourth-order valence-corrected chi connectivity index (χ4v) is 2.86. The molecule has 1 heterocycles. The largest absolute Gasteiger partial charge is 0.198 e. The van der Waals surface area contributed by atoms with Gasteiger partial charge in [0.2, 0.25) is 0 Å². The fourth-order valence-electron chi connectivity index (χ4n) is 1.53. The molecule has 14 heavy (non-hydrogen) atoms. The number of thiophene rings is 1. The molecule has 0 N–H and O–H groups in total. The van der Waals surface area contributed by atoms with Crippen LogP contribution in [0.4, 0.5) is 0 Å². The summed E-state index contributed by atoms with van der Waals surface area (Å²) in [7, 11) is 0. The predicted molar refractivity (Wildman–Crippen MR) is 60.9 cm³/mol. The first-order valence-electron chi connectivity index (χ1n) is 4.26. The molecule has 70 valence electrons. The summed E-state index contributed by atoms with van der Waals surface area (Å²) in [5.41, 5.74) is 2.06. The highest BCUT2D eigenvalue weighted by atomic mass is 35.5. The van der Waals surface area contributed by atoms with E-state index in [1.807, 2.05) is 18.4 Å². The maximum absolute atomic E-state index is 8.69. The zero-order chi connectivity index (χ0) is 10.1. The summed E-state index contributed by atoms with van der Waals surface area (Å²) in [5, 5.41) is 12.5. The topological polar surface area (TPSA) is 23.8 Å². The van der Waals surface area contributed by atoms with Crippen LogP contribution in [0.5, 0.6) is 0 Å². The van der Waals surface area contributed by atoms with Gasteiger partial charge in [-0.05, 0) is 35.6 Å². The minimum absolute atomic E-state index is 0.385. The molecular weight excluding hydrogens is 214 g/mol. The number of benzene rings is 1. The van der Waals surface area contributed by atoms with Crippen LogP contribution in [0.25, 0.3) is 10.1 Å². The number of aryl methyl sites for hydroxylation is 1. The molecule has 1 nitrogen and oxygen atoms in total. The summed E-state index contributed by atoms with van der Waals surface area (Å²) in [6.45, 7) is 2.00. The molecule has 0 fully saturated rings. The van der Waals surface area contributed by atoms with E-state index >= 15 is 0 Å². The molecule has 2 rings (SSSR count). The van der Waals surface area contributed by atoms with Gasteiger partial charge in [-0.25, -0.2) is 0 Å². The number of nitrogens with zero attached hydrogens (tertiary/aromatic N) is 1. The Morgan fingerprint density at radius 1 is 1.57 bits per heavy atom. The number of fused-ring (bicyclic) bond motifs is 1. The van der Waals surface area contributed by atoms with Crippen molar-refractivity contribution in [3.8, 4) is 6.07 Å². The Bertz CT molecular complexity index is 522. The van der Waals surface area contributed by atoms with E-state index < -0.39 is 0 Å². The highest BCUT2D eigenvalue weighted by Gasteiger charge is 2.09. The second-order valence-corrected chi connectivity index (χ2v) is 4.48. The molecule has 0 aliphatic heterocycles. The van der Waals surface area contributed by atoms with Crippen LogP contribution < -0.4 is 0 Å². The quantitative estimate of drug-likeness (QED) is 0.716. The van der Waals surface area contributed by atoms with Crippen LogP contribution in [0.1, 0.15) is 11.1 Å². The highest BCUT2D eigenvalue weighted by molar-refractivity contribution is 7.17. The van der Waals surface area contributed by atoms with Gasteiger partial charge >= 0.3 is 0 Å². The van der Waals surface area contributed by atoms with Crippen LogP contribution in [0.2, 0.25) is 5.02 Å². The van der Waals surface area contributed by atoms with Gasteiger partial charge < -0.3 is 0 Å². The van der Waals surface area contributed by atoms with Crippen molar-refractivity contribution in [2.45, 2.75) is 13.3 Å². The van der Waals surface area contributed by atoms with Crippen molar-refractivity contribution in [1.82, 2.24) is 0 Å². The summed E-state index contributed by atoms with van der Waals surface area (Å²) in [6, 6.07) is 6.24. The van der Waals surface area contributed by atoms with E-state index in [0.29, 0.717) is 6.42 Å². The van der Waals surface area contributed by atoms with Crippen LogP contribution in [0.15, 0.2) is 17.5 Å². The van der Waals surface area contributed by atoms with Gasteiger partial charge in [0.1, 0.15) is 0 Å². The highest BCUT2D eigenvalue weighted by Crippen LogP contribution is 2.33. The van der Waals surface area contributed by atoms with Gasteiger partial charge in [0.05, 0.1) is 17.5 Å². The lowest BCUT2D eigenvalue weighted by molar-refractivity contribution is 1.23. The maximum atomic E-state index is 8.69. The standard InChI is InChI=1S/C11H8ClNS/c1-7-6-10-9(3-5-14-10)11(12)8(7)2-4-13/h3,5-6H,2H2,1H3. The van der Waals surface area contributed by atoms with Gasteiger partial charge in [-0.3, -0.25) is 0 Å². The molecule has 0 saturated carbocycles. The molecule has 0 aliphatic carbocycles. The van der Waals surface area contributed by atoms with Gasteiger partial charge in [0.15, 0.2) is 0 Å². The SMILES string of the molecule is Cc1cc2sccc2c(Cl)c1CC#N. The zero-order valence-corrected chi connectivity index (χ0v) is 9.25. The first kappa shape index (κ1) is 9.51. The van der Waals surface area contributed by atoms with E-state index in [9.17, 15) is 0 Å². The zero-order valence-electron chi connectivity index (χ0n) is 7.67. The molecule has 0 unspecified atom stereocenters. The Kier molecular flexibility index (Phi) is 2.45. The van der Waals surface area contributed by atoms with Gasteiger partial charge in [-0.15, -0.1) is 11.3 Å². The first-order chi connectivity index (χ1) is 6.74. The fraction of sp³-hybridized carbons (Fsp3) is 0.182. The van der Waals surface area contributed by atoms with Gasteiger partial charge in [-0.1, -0.05) is 11.6 Å². The first-order valence-corrected chi connectivity index (χ1v) is 5.52. The van der Waals surface area contributed by atoms with Crippen LogP contribution in [-0.2, 0) is 6.42 Å². The Labute approximate surface area is 91.5 Å². The molecular formula is C11H8ClNS. The van der Waals surface area contributed by atoms with E-state index in [1.54, 1.807) is 11.3 Å². The maximum Gasteiger partial charge on any atom is 0.0670 e. The number of halogens is 1. The molecule has 0 saturated heterocycles. The van der Waals surface area contributed by atoms with Crippen molar-refractivity contribution in [2.24, 2.45) is 0 Å². The molecule has 0 spiro atoms. The van der Waals surface area contributed by atoms with Crippen LogP contribution in [-0.4, -0.2) is 0 Å². The molecule has 0 amide bonds. The van der Waals surface area contributed by atoms with Crippen molar-refractivity contribution >= 4 is 33.0 Å². The Balaban J connectivity index is 2.77. The van der Waals surface area contributed by atoms with Crippen molar-refractivity contribution in [3.63, 3.8) is 0 Å². The Morgan fingerprint density at radius 2 is 2.36 bits per heavy atom. The van der Waals surface area contributed by atoms with Crippen molar-refractivity contribution in [1.29, 1.82) is 5.26 Å². The van der Waals surface area contributed by atoms with Gasteiger partial charge in [0.25, 0.3) is 0 Å².